The second kappa shape index (κ2) is 8.87. The molecular weight excluding hydrogens is 493 g/mol. The van der Waals surface area contributed by atoms with Crippen LogP contribution < -0.4 is 4.72 Å². The molecule has 0 aliphatic rings. The zero-order valence-electron chi connectivity index (χ0n) is 19.5. The van der Waals surface area contributed by atoms with Gasteiger partial charge in [-0.15, -0.1) is 0 Å². The van der Waals surface area contributed by atoms with Gasteiger partial charge in [0.2, 0.25) is 10.0 Å². The number of nitrogens with zero attached hydrogens (tertiary/aromatic N) is 4. The van der Waals surface area contributed by atoms with Crippen molar-refractivity contribution in [2.45, 2.75) is 6.54 Å². The molecule has 0 atom stereocenters. The van der Waals surface area contributed by atoms with Crippen LogP contribution in [0.2, 0.25) is 0 Å². The van der Waals surface area contributed by atoms with Gasteiger partial charge in [0.15, 0.2) is 0 Å². The summed E-state index contributed by atoms with van der Waals surface area (Å²) in [6.07, 6.45) is 6.17. The van der Waals surface area contributed by atoms with Gasteiger partial charge in [0.1, 0.15) is 17.0 Å². The van der Waals surface area contributed by atoms with Gasteiger partial charge < -0.3 is 4.98 Å². The molecule has 5 aromatic heterocycles. The Morgan fingerprint density at radius 1 is 0.973 bits per heavy atom. The first-order valence-corrected chi connectivity index (χ1v) is 13.2. The van der Waals surface area contributed by atoms with Crippen LogP contribution in [-0.4, -0.2) is 44.8 Å². The van der Waals surface area contributed by atoms with Crippen molar-refractivity contribution in [1.29, 1.82) is 0 Å². The summed E-state index contributed by atoms with van der Waals surface area (Å²) in [5.41, 5.74) is 6.88. The number of fused-ring (bicyclic) bond motifs is 2. The first-order valence-electron chi connectivity index (χ1n) is 11.3. The maximum absolute atomic E-state index is 14.5. The molecule has 5 heterocycles. The van der Waals surface area contributed by atoms with E-state index in [1.54, 1.807) is 24.7 Å². The lowest BCUT2D eigenvalue weighted by atomic mass is 10.0. The molecule has 0 radical (unpaired) electrons. The molecule has 0 aliphatic carbocycles. The number of halogens is 1. The third kappa shape index (κ3) is 4.57. The highest BCUT2D eigenvalue weighted by Crippen LogP contribution is 2.33. The van der Waals surface area contributed by atoms with Crippen molar-refractivity contribution in [3.63, 3.8) is 0 Å². The summed E-state index contributed by atoms with van der Waals surface area (Å²) in [5.74, 6) is -0.484. The summed E-state index contributed by atoms with van der Waals surface area (Å²) in [6.45, 7) is -0.0256. The SMILES string of the molecule is CS(=O)(=O)NCc1cc(F)cc(-c2nccc3[nH]c(-c4n[nH]c5ccc(-c6cccnc6)nc45)cc23)c1. The quantitative estimate of drug-likeness (QED) is 0.302. The van der Waals surface area contributed by atoms with E-state index in [-0.39, 0.29) is 6.54 Å². The average molecular weight is 514 g/mol. The standard InChI is InChI=1S/C26H20FN7O2S/c1-37(35,36)30-13-15-9-17(11-18(27)10-15)24-19-12-23(31-21(19)6-8-29-24)26-25-22(33-34-26)5-4-20(32-25)16-3-2-7-28-14-16/h2-12,14,30-31H,13H2,1H3,(H,33,34). The van der Waals surface area contributed by atoms with Crippen molar-refractivity contribution in [2.75, 3.05) is 6.26 Å². The number of H-pyrrole nitrogens is 2. The highest BCUT2D eigenvalue weighted by Gasteiger charge is 2.17. The van der Waals surface area contributed by atoms with Gasteiger partial charge in [0.25, 0.3) is 0 Å². The number of aromatic amines is 2. The summed E-state index contributed by atoms with van der Waals surface area (Å²) in [5, 5.41) is 8.29. The molecule has 0 spiro atoms. The van der Waals surface area contributed by atoms with Crippen LogP contribution in [0.3, 0.4) is 0 Å². The van der Waals surface area contributed by atoms with Gasteiger partial charge in [-0.3, -0.25) is 15.1 Å². The van der Waals surface area contributed by atoms with E-state index in [0.29, 0.717) is 28.0 Å². The van der Waals surface area contributed by atoms with Crippen molar-refractivity contribution >= 4 is 32.0 Å². The van der Waals surface area contributed by atoms with E-state index in [4.69, 9.17) is 4.98 Å². The van der Waals surface area contributed by atoms with Gasteiger partial charge in [0, 0.05) is 47.2 Å². The van der Waals surface area contributed by atoms with Gasteiger partial charge in [0.05, 0.1) is 28.9 Å². The minimum Gasteiger partial charge on any atom is -0.353 e. The first kappa shape index (κ1) is 23.0. The maximum Gasteiger partial charge on any atom is 0.209 e. The monoisotopic (exact) mass is 513 g/mol. The third-order valence-electron chi connectivity index (χ3n) is 5.94. The van der Waals surface area contributed by atoms with Crippen molar-refractivity contribution in [3.05, 3.63) is 84.6 Å². The summed E-state index contributed by atoms with van der Waals surface area (Å²) in [4.78, 5) is 16.9. The molecule has 0 saturated carbocycles. The molecule has 6 aromatic rings. The van der Waals surface area contributed by atoms with Gasteiger partial charge in [-0.1, -0.05) is 0 Å². The second-order valence-electron chi connectivity index (χ2n) is 8.65. The lowest BCUT2D eigenvalue weighted by molar-refractivity contribution is 0.586. The molecule has 37 heavy (non-hydrogen) atoms. The van der Waals surface area contributed by atoms with Crippen molar-refractivity contribution < 1.29 is 12.8 Å². The molecule has 6 rings (SSSR count). The summed E-state index contributed by atoms with van der Waals surface area (Å²) in [7, 11) is -3.42. The molecule has 3 N–H and O–H groups in total. The molecule has 1 aromatic carbocycles. The van der Waals surface area contributed by atoms with E-state index in [1.807, 2.05) is 36.4 Å². The number of hydrogen-bond donors (Lipinski definition) is 3. The molecule has 0 aliphatic heterocycles. The van der Waals surface area contributed by atoms with Crippen molar-refractivity contribution in [3.8, 4) is 33.9 Å². The van der Waals surface area contributed by atoms with Crippen LogP contribution in [0.25, 0.3) is 55.8 Å². The fourth-order valence-electron chi connectivity index (χ4n) is 4.28. The molecular formula is C26H20FN7O2S. The Morgan fingerprint density at radius 3 is 2.68 bits per heavy atom. The van der Waals surface area contributed by atoms with E-state index in [2.05, 4.69) is 29.9 Å². The topological polar surface area (TPSA) is 129 Å². The second-order valence-corrected chi connectivity index (χ2v) is 10.5. The van der Waals surface area contributed by atoms with Crippen molar-refractivity contribution in [2.24, 2.45) is 0 Å². The van der Waals surface area contributed by atoms with Gasteiger partial charge in [-0.25, -0.2) is 22.5 Å². The van der Waals surface area contributed by atoms with E-state index >= 15 is 0 Å². The van der Waals surface area contributed by atoms with Crippen LogP contribution in [0.1, 0.15) is 5.56 Å². The zero-order valence-corrected chi connectivity index (χ0v) is 20.3. The number of nitrogens with one attached hydrogen (secondary N) is 3. The number of aromatic nitrogens is 6. The lowest BCUT2D eigenvalue weighted by Crippen LogP contribution is -2.21. The van der Waals surface area contributed by atoms with Crippen LogP contribution in [0, 0.1) is 5.82 Å². The lowest BCUT2D eigenvalue weighted by Gasteiger charge is -2.07. The number of sulfonamides is 1. The van der Waals surface area contributed by atoms with Gasteiger partial charge >= 0.3 is 0 Å². The predicted molar refractivity (Wildman–Crippen MR) is 139 cm³/mol. The number of pyridine rings is 3. The highest BCUT2D eigenvalue weighted by molar-refractivity contribution is 7.88. The molecule has 0 unspecified atom stereocenters. The number of hydrogen-bond acceptors (Lipinski definition) is 6. The van der Waals surface area contributed by atoms with Crippen LogP contribution in [-0.2, 0) is 16.6 Å². The molecule has 0 fully saturated rings. The largest absolute Gasteiger partial charge is 0.353 e. The van der Waals surface area contributed by atoms with E-state index in [9.17, 15) is 12.8 Å². The summed E-state index contributed by atoms with van der Waals surface area (Å²) >= 11 is 0. The zero-order chi connectivity index (χ0) is 25.6. The Bertz CT molecular complexity index is 1880. The molecule has 0 amide bonds. The highest BCUT2D eigenvalue weighted by atomic mass is 32.2. The summed E-state index contributed by atoms with van der Waals surface area (Å²) in [6, 6.07) is 15.8. The summed E-state index contributed by atoms with van der Waals surface area (Å²) < 4.78 is 39.9. The Hall–Kier alpha value is -4.48. The van der Waals surface area contributed by atoms with Gasteiger partial charge in [-0.05, 0) is 60.2 Å². The normalized spacial score (nSPS) is 11.9. The van der Waals surface area contributed by atoms with E-state index < -0.39 is 15.8 Å². The third-order valence-corrected chi connectivity index (χ3v) is 6.61. The smallest absolute Gasteiger partial charge is 0.209 e. The maximum atomic E-state index is 14.5. The molecule has 0 bridgehead atoms. The molecule has 0 saturated heterocycles. The molecule has 9 nitrogen and oxygen atoms in total. The van der Waals surface area contributed by atoms with Crippen LogP contribution in [0.5, 0.6) is 0 Å². The van der Waals surface area contributed by atoms with E-state index in [1.165, 1.54) is 12.1 Å². The Kier molecular flexibility index (Phi) is 5.50. The molecule has 11 heteroatoms. The minimum absolute atomic E-state index is 0.0256. The molecule has 184 valence electrons. The van der Waals surface area contributed by atoms with Crippen LogP contribution in [0.15, 0.2) is 73.2 Å². The fourth-order valence-corrected chi connectivity index (χ4v) is 4.71. The predicted octanol–water partition coefficient (Wildman–Crippen LogP) is 4.42. The van der Waals surface area contributed by atoms with Crippen LogP contribution in [0.4, 0.5) is 4.39 Å². The van der Waals surface area contributed by atoms with Gasteiger partial charge in [-0.2, -0.15) is 5.10 Å². The Morgan fingerprint density at radius 2 is 1.86 bits per heavy atom. The number of rotatable bonds is 6. The van der Waals surface area contributed by atoms with Crippen molar-refractivity contribution in [1.82, 2.24) is 34.9 Å². The van der Waals surface area contributed by atoms with Crippen LogP contribution >= 0.6 is 0 Å². The Labute approximate surface area is 210 Å². The van der Waals surface area contributed by atoms with E-state index in [0.717, 1.165) is 39.6 Å². The average Bonchev–Trinajstić information content (AvgIpc) is 3.51. The Balaban J connectivity index is 1.44. The number of benzene rings is 1. The first-order chi connectivity index (χ1) is 17.8. The fraction of sp³-hybridized carbons (Fsp3) is 0.0769. The minimum atomic E-state index is -3.42.